The lowest BCUT2D eigenvalue weighted by molar-refractivity contribution is 0.294. The molecule has 0 fully saturated rings. The summed E-state index contributed by atoms with van der Waals surface area (Å²) in [6.07, 6.45) is 3.79. The summed E-state index contributed by atoms with van der Waals surface area (Å²) in [5.74, 6) is 1.44. The Morgan fingerprint density at radius 2 is 2.11 bits per heavy atom. The number of nitrogens with two attached hydrogens (primary N) is 1. The second-order valence-electron chi connectivity index (χ2n) is 6.71. The summed E-state index contributed by atoms with van der Waals surface area (Å²) in [7, 11) is 1.60. The molecule has 0 bridgehead atoms. The lowest BCUT2D eigenvalue weighted by Gasteiger charge is -2.24. The molecule has 0 aliphatic carbocycles. The number of hydrogen-bond acceptors (Lipinski definition) is 6. The smallest absolute Gasteiger partial charge is 0.244 e. The van der Waals surface area contributed by atoms with E-state index in [9.17, 15) is 5.26 Å². The number of nitrogens with one attached hydrogen (secondary N) is 1. The van der Waals surface area contributed by atoms with Crippen molar-refractivity contribution < 1.29 is 14.2 Å². The molecule has 3 N–H and O–H groups in total. The van der Waals surface area contributed by atoms with Gasteiger partial charge in [0.2, 0.25) is 11.8 Å². The number of allylic oxidation sites excluding steroid dienone is 1. The van der Waals surface area contributed by atoms with Gasteiger partial charge in [0.25, 0.3) is 0 Å². The molecule has 0 saturated heterocycles. The van der Waals surface area contributed by atoms with E-state index in [0.717, 1.165) is 42.5 Å². The Labute approximate surface area is 165 Å². The maximum Gasteiger partial charge on any atom is 0.244 e. The van der Waals surface area contributed by atoms with Crippen molar-refractivity contribution in [1.82, 2.24) is 10.2 Å². The number of aryl methyl sites for hydroxylation is 1. The summed E-state index contributed by atoms with van der Waals surface area (Å²) in [4.78, 5) is 0. The number of aromatic amines is 1. The molecule has 0 radical (unpaired) electrons. The molecule has 7 nitrogen and oxygen atoms in total. The molecule has 0 saturated carbocycles. The van der Waals surface area contributed by atoms with E-state index in [4.69, 9.17) is 19.9 Å². The third-order valence-corrected chi connectivity index (χ3v) is 4.78. The third kappa shape index (κ3) is 3.63. The van der Waals surface area contributed by atoms with Crippen LogP contribution < -0.4 is 19.9 Å². The average molecular weight is 382 g/mol. The zero-order chi connectivity index (χ0) is 20.1. The molecular weight excluding hydrogens is 356 g/mol. The Morgan fingerprint density at radius 3 is 2.79 bits per heavy atom. The summed E-state index contributed by atoms with van der Waals surface area (Å²) in [6.45, 7) is 4.79. The van der Waals surface area contributed by atoms with Crippen LogP contribution in [-0.2, 0) is 6.42 Å². The molecule has 1 aromatic carbocycles. The van der Waals surface area contributed by atoms with Gasteiger partial charge in [0.1, 0.15) is 11.6 Å². The van der Waals surface area contributed by atoms with Gasteiger partial charge in [-0.2, -0.15) is 5.26 Å². The monoisotopic (exact) mass is 382 g/mol. The van der Waals surface area contributed by atoms with E-state index in [0.29, 0.717) is 29.6 Å². The molecule has 7 heteroatoms. The van der Waals surface area contributed by atoms with Crippen LogP contribution in [0.25, 0.3) is 0 Å². The van der Waals surface area contributed by atoms with Crippen LogP contribution in [0.15, 0.2) is 29.7 Å². The molecule has 0 amide bonds. The number of benzene rings is 1. The van der Waals surface area contributed by atoms with Crippen molar-refractivity contribution in [3.8, 4) is 23.4 Å². The maximum absolute atomic E-state index is 9.77. The largest absolute Gasteiger partial charge is 0.493 e. The molecule has 1 aliphatic rings. The minimum absolute atomic E-state index is 0.0822. The zero-order valence-corrected chi connectivity index (χ0v) is 16.5. The van der Waals surface area contributed by atoms with Crippen LogP contribution in [-0.4, -0.2) is 23.9 Å². The van der Waals surface area contributed by atoms with Crippen LogP contribution in [0.4, 0.5) is 0 Å². The SMILES string of the molecule is CCCCc1[nH]nc2c1C(c1ccc(OCCC)c(OC)c1)C(C#N)=C(N)O2. The van der Waals surface area contributed by atoms with Gasteiger partial charge in [0, 0.05) is 11.3 Å². The van der Waals surface area contributed by atoms with Crippen molar-refractivity contribution in [2.45, 2.75) is 45.4 Å². The number of ether oxygens (including phenoxy) is 3. The first kappa shape index (κ1) is 19.6. The predicted molar refractivity (Wildman–Crippen MR) is 105 cm³/mol. The Balaban J connectivity index is 2.09. The number of H-pyrrole nitrogens is 1. The third-order valence-electron chi connectivity index (χ3n) is 4.78. The van der Waals surface area contributed by atoms with E-state index < -0.39 is 0 Å². The maximum atomic E-state index is 9.77. The molecule has 1 aromatic heterocycles. The average Bonchev–Trinajstić information content (AvgIpc) is 3.11. The van der Waals surface area contributed by atoms with Crippen LogP contribution in [0.5, 0.6) is 17.4 Å². The quantitative estimate of drug-likeness (QED) is 0.720. The van der Waals surface area contributed by atoms with E-state index >= 15 is 0 Å². The first-order valence-corrected chi connectivity index (χ1v) is 9.59. The lowest BCUT2D eigenvalue weighted by atomic mass is 9.83. The second-order valence-corrected chi connectivity index (χ2v) is 6.71. The van der Waals surface area contributed by atoms with E-state index in [-0.39, 0.29) is 11.8 Å². The highest BCUT2D eigenvalue weighted by Gasteiger charge is 2.35. The molecule has 1 unspecified atom stereocenters. The fraction of sp³-hybridized carbons (Fsp3) is 0.429. The second kappa shape index (κ2) is 8.70. The van der Waals surface area contributed by atoms with Gasteiger partial charge in [-0.25, -0.2) is 0 Å². The van der Waals surface area contributed by atoms with Gasteiger partial charge >= 0.3 is 0 Å². The number of aromatic nitrogens is 2. The minimum atomic E-state index is -0.367. The van der Waals surface area contributed by atoms with Crippen molar-refractivity contribution in [1.29, 1.82) is 5.26 Å². The van der Waals surface area contributed by atoms with Crippen LogP contribution in [0.3, 0.4) is 0 Å². The number of rotatable bonds is 8. The highest BCUT2D eigenvalue weighted by atomic mass is 16.5. The number of fused-ring (bicyclic) bond motifs is 1. The standard InChI is InChI=1S/C21H26N4O3/c1-4-6-7-15-19-18(14(12-22)20(23)28-21(19)25-24-15)13-8-9-16(27-10-5-2)17(11-13)26-3/h8-9,11,18H,4-7,10,23H2,1-3H3,(H,24,25). The minimum Gasteiger partial charge on any atom is -0.493 e. The van der Waals surface area contributed by atoms with Crippen molar-refractivity contribution in [2.24, 2.45) is 5.73 Å². The van der Waals surface area contributed by atoms with Crippen LogP contribution in [0, 0.1) is 11.3 Å². The summed E-state index contributed by atoms with van der Waals surface area (Å²) in [5.41, 5.74) is 9.11. The molecule has 2 heterocycles. The first-order chi connectivity index (χ1) is 13.6. The predicted octanol–water partition coefficient (Wildman–Crippen LogP) is 3.77. The van der Waals surface area contributed by atoms with Gasteiger partial charge in [-0.05, 0) is 37.0 Å². The Hall–Kier alpha value is -3.14. The Bertz CT molecular complexity index is 911. The van der Waals surface area contributed by atoms with Gasteiger partial charge < -0.3 is 19.9 Å². The number of hydrogen-bond donors (Lipinski definition) is 2. The fourth-order valence-corrected chi connectivity index (χ4v) is 3.38. The van der Waals surface area contributed by atoms with E-state index in [1.165, 1.54) is 0 Å². The summed E-state index contributed by atoms with van der Waals surface area (Å²) in [6, 6.07) is 7.92. The van der Waals surface area contributed by atoms with Crippen molar-refractivity contribution in [3.05, 3.63) is 46.5 Å². The molecule has 3 rings (SSSR count). The van der Waals surface area contributed by atoms with Crippen molar-refractivity contribution >= 4 is 0 Å². The summed E-state index contributed by atoms with van der Waals surface area (Å²) < 4.78 is 16.9. The van der Waals surface area contributed by atoms with Gasteiger partial charge in [-0.15, -0.1) is 5.10 Å². The van der Waals surface area contributed by atoms with Gasteiger partial charge in [0.05, 0.1) is 19.6 Å². The first-order valence-electron chi connectivity index (χ1n) is 9.59. The van der Waals surface area contributed by atoms with Crippen LogP contribution in [0.2, 0.25) is 0 Å². The lowest BCUT2D eigenvalue weighted by Crippen LogP contribution is -2.21. The van der Waals surface area contributed by atoms with E-state index in [2.05, 4.69) is 23.2 Å². The fourth-order valence-electron chi connectivity index (χ4n) is 3.38. The molecular formula is C21H26N4O3. The van der Waals surface area contributed by atoms with Crippen LogP contribution >= 0.6 is 0 Å². The van der Waals surface area contributed by atoms with E-state index in [1.54, 1.807) is 7.11 Å². The van der Waals surface area contributed by atoms with Crippen molar-refractivity contribution in [2.75, 3.05) is 13.7 Å². The van der Waals surface area contributed by atoms with Gasteiger partial charge in [-0.1, -0.05) is 26.3 Å². The molecule has 28 heavy (non-hydrogen) atoms. The number of nitriles is 1. The normalized spacial score (nSPS) is 15.6. The molecule has 148 valence electrons. The summed E-state index contributed by atoms with van der Waals surface area (Å²) in [5, 5.41) is 17.1. The highest BCUT2D eigenvalue weighted by molar-refractivity contribution is 5.57. The molecule has 1 aliphatic heterocycles. The number of nitrogens with zero attached hydrogens (tertiary/aromatic N) is 2. The van der Waals surface area contributed by atoms with Crippen LogP contribution in [0.1, 0.15) is 55.8 Å². The van der Waals surface area contributed by atoms with Crippen molar-refractivity contribution in [3.63, 3.8) is 0 Å². The zero-order valence-electron chi connectivity index (χ0n) is 16.5. The van der Waals surface area contributed by atoms with Gasteiger partial charge in [-0.3, -0.25) is 5.10 Å². The Kier molecular flexibility index (Phi) is 6.09. The molecule has 1 atom stereocenters. The molecule has 2 aromatic rings. The Morgan fingerprint density at radius 1 is 1.29 bits per heavy atom. The number of methoxy groups -OCH3 is 1. The number of unbranched alkanes of at least 4 members (excludes halogenated alkanes) is 1. The highest BCUT2D eigenvalue weighted by Crippen LogP contribution is 2.44. The topological polar surface area (TPSA) is 106 Å². The molecule has 0 spiro atoms. The summed E-state index contributed by atoms with van der Waals surface area (Å²) >= 11 is 0. The van der Waals surface area contributed by atoms with Gasteiger partial charge in [0.15, 0.2) is 11.5 Å². The van der Waals surface area contributed by atoms with E-state index in [1.807, 2.05) is 25.1 Å².